The van der Waals surface area contributed by atoms with E-state index in [1.165, 1.54) is 7.11 Å². The van der Waals surface area contributed by atoms with Gasteiger partial charge < -0.3 is 15.4 Å². The van der Waals surface area contributed by atoms with Gasteiger partial charge in [-0.25, -0.2) is 0 Å². The molecule has 0 aliphatic heterocycles. The number of nitrogens with zero attached hydrogens (tertiary/aromatic N) is 1. The van der Waals surface area contributed by atoms with E-state index in [1.807, 2.05) is 19.1 Å². The number of anilines is 2. The van der Waals surface area contributed by atoms with Gasteiger partial charge in [0, 0.05) is 30.9 Å². The van der Waals surface area contributed by atoms with Crippen LogP contribution in [0.2, 0.25) is 0 Å². The zero-order valence-corrected chi connectivity index (χ0v) is 13.1. The highest BCUT2D eigenvalue weighted by molar-refractivity contribution is 5.94. The molecule has 120 valence electrons. The highest BCUT2D eigenvalue weighted by Crippen LogP contribution is 2.20. The first-order valence-corrected chi connectivity index (χ1v) is 7.16. The lowest BCUT2D eigenvalue weighted by molar-refractivity contribution is -0.119. The van der Waals surface area contributed by atoms with E-state index >= 15 is 0 Å². The van der Waals surface area contributed by atoms with Gasteiger partial charge in [0.25, 0.3) is 0 Å². The summed E-state index contributed by atoms with van der Waals surface area (Å²) in [7, 11) is 1.47. The van der Waals surface area contributed by atoms with Crippen LogP contribution in [0.25, 0.3) is 0 Å². The van der Waals surface area contributed by atoms with Crippen molar-refractivity contribution in [1.82, 2.24) is 4.98 Å². The first kappa shape index (κ1) is 16.6. The zero-order chi connectivity index (χ0) is 16.7. The lowest BCUT2D eigenvalue weighted by Gasteiger charge is -2.11. The van der Waals surface area contributed by atoms with Crippen LogP contribution in [0.15, 0.2) is 42.7 Å². The number of methoxy groups -OCH3 is 1. The highest BCUT2D eigenvalue weighted by Gasteiger charge is 2.08. The van der Waals surface area contributed by atoms with Gasteiger partial charge in [0.1, 0.15) is 6.61 Å². The molecule has 1 aromatic carbocycles. The van der Waals surface area contributed by atoms with Gasteiger partial charge in [-0.15, -0.1) is 0 Å². The van der Waals surface area contributed by atoms with E-state index in [2.05, 4.69) is 15.6 Å². The Bertz CT molecular complexity index is 687. The summed E-state index contributed by atoms with van der Waals surface area (Å²) in [5, 5.41) is 5.58. The normalized spacial score (nSPS) is 10.2. The fourth-order valence-electron chi connectivity index (χ4n) is 2.09. The predicted octanol–water partition coefficient (Wildman–Crippen LogP) is 2.16. The number of aryl methyl sites for hydroxylation is 1. The van der Waals surface area contributed by atoms with E-state index in [-0.39, 0.29) is 24.8 Å². The van der Waals surface area contributed by atoms with Crippen LogP contribution in [0.1, 0.15) is 11.1 Å². The first-order valence-electron chi connectivity index (χ1n) is 7.16. The number of amides is 2. The Hall–Kier alpha value is -2.73. The molecule has 6 nitrogen and oxygen atoms in total. The predicted molar refractivity (Wildman–Crippen MR) is 88.3 cm³/mol. The van der Waals surface area contributed by atoms with Gasteiger partial charge in [-0.05, 0) is 42.3 Å². The minimum atomic E-state index is -0.219. The number of benzene rings is 1. The second kappa shape index (κ2) is 8.05. The molecule has 0 saturated heterocycles. The van der Waals surface area contributed by atoms with Crippen molar-refractivity contribution in [3.05, 3.63) is 53.9 Å². The molecule has 0 spiro atoms. The lowest BCUT2D eigenvalue weighted by Crippen LogP contribution is -2.18. The van der Waals surface area contributed by atoms with Crippen molar-refractivity contribution >= 4 is 23.2 Å². The molecule has 1 heterocycles. The maximum atomic E-state index is 12.0. The van der Waals surface area contributed by atoms with Crippen molar-refractivity contribution in [2.75, 3.05) is 24.4 Å². The molecule has 0 aliphatic carbocycles. The summed E-state index contributed by atoms with van der Waals surface area (Å²) in [4.78, 5) is 27.5. The van der Waals surface area contributed by atoms with Crippen LogP contribution in [0.3, 0.4) is 0 Å². The number of aromatic nitrogens is 1. The molecule has 0 fully saturated rings. The number of hydrogen-bond donors (Lipinski definition) is 2. The van der Waals surface area contributed by atoms with Gasteiger partial charge in [0.05, 0.1) is 6.42 Å². The molecule has 23 heavy (non-hydrogen) atoms. The smallest absolute Gasteiger partial charge is 0.250 e. The maximum absolute atomic E-state index is 12.0. The third kappa shape index (κ3) is 5.19. The Morgan fingerprint density at radius 2 is 2.00 bits per heavy atom. The summed E-state index contributed by atoms with van der Waals surface area (Å²) in [6.45, 7) is 1.86. The lowest BCUT2D eigenvalue weighted by atomic mass is 10.1. The minimum Gasteiger partial charge on any atom is -0.375 e. The zero-order valence-electron chi connectivity index (χ0n) is 13.1. The Labute approximate surface area is 134 Å². The molecule has 0 radical (unpaired) electrons. The standard InChI is InChI=1S/C17H19N3O3/c1-12-8-14(5-6-15(12)20-17(22)11-23-2)19-16(21)9-13-4-3-7-18-10-13/h3-8,10H,9,11H2,1-2H3,(H,19,21)(H,20,22). The topological polar surface area (TPSA) is 80.3 Å². The quantitative estimate of drug-likeness (QED) is 0.856. The van der Waals surface area contributed by atoms with E-state index in [9.17, 15) is 9.59 Å². The van der Waals surface area contributed by atoms with Crippen LogP contribution in [-0.2, 0) is 20.7 Å². The van der Waals surface area contributed by atoms with Crippen LogP contribution in [0.5, 0.6) is 0 Å². The van der Waals surface area contributed by atoms with Crippen LogP contribution < -0.4 is 10.6 Å². The summed E-state index contributed by atoms with van der Waals surface area (Å²) in [5.74, 6) is -0.336. The fraction of sp³-hybridized carbons (Fsp3) is 0.235. The largest absolute Gasteiger partial charge is 0.375 e. The van der Waals surface area contributed by atoms with E-state index in [0.717, 1.165) is 11.1 Å². The summed E-state index contributed by atoms with van der Waals surface area (Å²) in [6, 6.07) is 8.96. The Kier molecular flexibility index (Phi) is 5.82. The molecular formula is C17H19N3O3. The fourth-order valence-corrected chi connectivity index (χ4v) is 2.09. The van der Waals surface area contributed by atoms with Crippen LogP contribution in [0.4, 0.5) is 11.4 Å². The van der Waals surface area contributed by atoms with Crippen LogP contribution in [-0.4, -0.2) is 30.5 Å². The number of ether oxygens (including phenoxy) is 1. The molecule has 2 N–H and O–H groups in total. The van der Waals surface area contributed by atoms with Crippen molar-refractivity contribution in [3.8, 4) is 0 Å². The number of carbonyl (C=O) groups is 2. The average Bonchev–Trinajstić information content (AvgIpc) is 2.51. The third-order valence-corrected chi connectivity index (χ3v) is 3.15. The molecule has 0 atom stereocenters. The summed E-state index contributed by atoms with van der Waals surface area (Å²) in [5.41, 5.74) is 3.08. The Balaban J connectivity index is 1.97. The van der Waals surface area contributed by atoms with Crippen LogP contribution in [0, 0.1) is 6.92 Å². The van der Waals surface area contributed by atoms with E-state index < -0.39 is 0 Å². The minimum absolute atomic E-state index is 0.00301. The second-order valence-corrected chi connectivity index (χ2v) is 5.10. The SMILES string of the molecule is COCC(=O)Nc1ccc(NC(=O)Cc2cccnc2)cc1C. The van der Waals surface area contributed by atoms with E-state index in [0.29, 0.717) is 11.4 Å². The van der Waals surface area contributed by atoms with Gasteiger partial charge in [-0.2, -0.15) is 0 Å². The van der Waals surface area contributed by atoms with Crippen molar-refractivity contribution in [2.24, 2.45) is 0 Å². The Morgan fingerprint density at radius 1 is 1.17 bits per heavy atom. The average molecular weight is 313 g/mol. The number of nitrogens with one attached hydrogen (secondary N) is 2. The molecule has 2 aromatic rings. The molecule has 2 amide bonds. The third-order valence-electron chi connectivity index (χ3n) is 3.15. The van der Waals surface area contributed by atoms with Gasteiger partial charge in [-0.3, -0.25) is 14.6 Å². The van der Waals surface area contributed by atoms with Crippen molar-refractivity contribution in [2.45, 2.75) is 13.3 Å². The van der Waals surface area contributed by atoms with Gasteiger partial charge >= 0.3 is 0 Å². The van der Waals surface area contributed by atoms with Crippen molar-refractivity contribution < 1.29 is 14.3 Å². The van der Waals surface area contributed by atoms with E-state index in [4.69, 9.17) is 4.74 Å². The molecule has 0 bridgehead atoms. The molecule has 0 saturated carbocycles. The summed E-state index contributed by atoms with van der Waals surface area (Å²) in [6.07, 6.45) is 3.60. The summed E-state index contributed by atoms with van der Waals surface area (Å²) >= 11 is 0. The number of hydrogen-bond acceptors (Lipinski definition) is 4. The Morgan fingerprint density at radius 3 is 2.65 bits per heavy atom. The monoisotopic (exact) mass is 313 g/mol. The molecule has 2 rings (SSSR count). The van der Waals surface area contributed by atoms with Gasteiger partial charge in [0.15, 0.2) is 0 Å². The number of rotatable bonds is 6. The highest BCUT2D eigenvalue weighted by atomic mass is 16.5. The molecular weight excluding hydrogens is 294 g/mol. The molecule has 0 unspecified atom stereocenters. The second-order valence-electron chi connectivity index (χ2n) is 5.10. The van der Waals surface area contributed by atoms with Gasteiger partial charge in [-0.1, -0.05) is 6.07 Å². The van der Waals surface area contributed by atoms with Gasteiger partial charge in [0.2, 0.25) is 11.8 Å². The van der Waals surface area contributed by atoms with Crippen LogP contribution >= 0.6 is 0 Å². The summed E-state index contributed by atoms with van der Waals surface area (Å²) < 4.78 is 4.77. The molecule has 6 heteroatoms. The van der Waals surface area contributed by atoms with Crippen molar-refractivity contribution in [1.29, 1.82) is 0 Å². The molecule has 1 aromatic heterocycles. The maximum Gasteiger partial charge on any atom is 0.250 e. The van der Waals surface area contributed by atoms with E-state index in [1.54, 1.807) is 30.6 Å². The van der Waals surface area contributed by atoms with Crippen molar-refractivity contribution in [3.63, 3.8) is 0 Å². The number of pyridine rings is 1. The number of carbonyl (C=O) groups excluding carboxylic acids is 2. The first-order chi connectivity index (χ1) is 11.1. The molecule has 0 aliphatic rings.